The first-order valence-electron chi connectivity index (χ1n) is 8.74. The summed E-state index contributed by atoms with van der Waals surface area (Å²) in [5, 5.41) is 0. The van der Waals surface area contributed by atoms with E-state index in [1.807, 2.05) is 6.20 Å². The largest absolute Gasteiger partial charge is 0.378 e. The highest BCUT2D eigenvalue weighted by Crippen LogP contribution is 2.27. The predicted molar refractivity (Wildman–Crippen MR) is 91.5 cm³/mol. The maximum Gasteiger partial charge on any atom is 0.274 e. The Hall–Kier alpha value is -2.48. The molecule has 2 saturated heterocycles. The van der Waals surface area contributed by atoms with Crippen LogP contribution in [0.2, 0.25) is 0 Å². The molecule has 0 atom stereocenters. The fourth-order valence-electron chi connectivity index (χ4n) is 3.42. The molecule has 0 spiro atoms. The van der Waals surface area contributed by atoms with Gasteiger partial charge in [-0.15, -0.1) is 0 Å². The number of hydrogen-bond acceptors (Lipinski definition) is 6. The minimum Gasteiger partial charge on any atom is -0.378 e. The lowest BCUT2D eigenvalue weighted by Gasteiger charge is -2.32. The number of hydrogen-bond donors (Lipinski definition) is 1. The number of nitrogens with zero attached hydrogens (tertiary/aromatic N) is 5. The molecule has 8 heteroatoms. The van der Waals surface area contributed by atoms with E-state index in [0.29, 0.717) is 37.9 Å². The summed E-state index contributed by atoms with van der Waals surface area (Å²) in [6.45, 7) is 4.15. The molecule has 0 radical (unpaired) electrons. The summed E-state index contributed by atoms with van der Waals surface area (Å²) in [6, 6.07) is 0. The van der Waals surface area contributed by atoms with Crippen LogP contribution < -0.4 is 4.90 Å². The Morgan fingerprint density at radius 3 is 2.68 bits per heavy atom. The number of rotatable bonds is 3. The second kappa shape index (κ2) is 7.18. The Balaban J connectivity index is 1.42. The van der Waals surface area contributed by atoms with Crippen molar-refractivity contribution in [2.75, 3.05) is 44.3 Å². The van der Waals surface area contributed by atoms with Crippen LogP contribution in [0.4, 0.5) is 5.82 Å². The Labute approximate surface area is 146 Å². The number of nitrogens with one attached hydrogen (secondary N) is 1. The standard InChI is InChI=1S/C17H22N6O2/c24-17(23-7-9-25-10-8-23)14-11-18-12-15(21-14)22-5-1-13(2-6-22)16-19-3-4-20-16/h3-4,11-13H,1-2,5-10H2,(H,19,20). The molecule has 1 N–H and O–H groups in total. The van der Waals surface area contributed by atoms with Crippen LogP contribution in [0, 0.1) is 0 Å². The number of aromatic nitrogens is 4. The van der Waals surface area contributed by atoms with Crippen molar-refractivity contribution in [3.8, 4) is 0 Å². The van der Waals surface area contributed by atoms with E-state index in [1.54, 1.807) is 23.5 Å². The molecule has 0 saturated carbocycles. The van der Waals surface area contributed by atoms with Gasteiger partial charge in [-0.1, -0.05) is 0 Å². The van der Waals surface area contributed by atoms with E-state index in [4.69, 9.17) is 4.74 Å². The van der Waals surface area contributed by atoms with Crippen LogP contribution in [0.3, 0.4) is 0 Å². The van der Waals surface area contributed by atoms with Gasteiger partial charge >= 0.3 is 0 Å². The van der Waals surface area contributed by atoms with Crippen LogP contribution in [0.15, 0.2) is 24.8 Å². The van der Waals surface area contributed by atoms with Gasteiger partial charge in [0.05, 0.1) is 25.6 Å². The van der Waals surface area contributed by atoms with Gasteiger partial charge in [0, 0.05) is 44.5 Å². The van der Waals surface area contributed by atoms with Crippen LogP contribution in [-0.2, 0) is 4.74 Å². The van der Waals surface area contributed by atoms with E-state index in [2.05, 4.69) is 24.8 Å². The molecular formula is C17H22N6O2. The lowest BCUT2D eigenvalue weighted by Crippen LogP contribution is -2.41. The van der Waals surface area contributed by atoms with Gasteiger partial charge in [-0.2, -0.15) is 0 Å². The summed E-state index contributed by atoms with van der Waals surface area (Å²) >= 11 is 0. The number of anilines is 1. The highest BCUT2D eigenvalue weighted by molar-refractivity contribution is 5.92. The predicted octanol–water partition coefficient (Wildman–Crippen LogP) is 1.06. The molecule has 132 valence electrons. The van der Waals surface area contributed by atoms with E-state index < -0.39 is 0 Å². The van der Waals surface area contributed by atoms with Gasteiger partial charge in [0.15, 0.2) is 0 Å². The van der Waals surface area contributed by atoms with E-state index in [9.17, 15) is 4.79 Å². The van der Waals surface area contributed by atoms with Crippen molar-refractivity contribution in [1.82, 2.24) is 24.8 Å². The topological polar surface area (TPSA) is 87.2 Å². The molecule has 2 aliphatic rings. The van der Waals surface area contributed by atoms with Gasteiger partial charge in [-0.05, 0) is 12.8 Å². The first-order chi connectivity index (χ1) is 12.3. The Morgan fingerprint density at radius 1 is 1.16 bits per heavy atom. The first kappa shape index (κ1) is 16.0. The summed E-state index contributed by atoms with van der Waals surface area (Å²) in [6.07, 6.45) is 8.98. The highest BCUT2D eigenvalue weighted by Gasteiger charge is 2.25. The van der Waals surface area contributed by atoms with E-state index >= 15 is 0 Å². The molecular weight excluding hydrogens is 320 g/mol. The molecule has 0 aliphatic carbocycles. The molecule has 25 heavy (non-hydrogen) atoms. The number of carbonyl (C=O) groups excluding carboxylic acids is 1. The summed E-state index contributed by atoms with van der Waals surface area (Å²) in [5.41, 5.74) is 0.410. The van der Waals surface area contributed by atoms with Crippen LogP contribution in [0.5, 0.6) is 0 Å². The molecule has 8 nitrogen and oxygen atoms in total. The number of H-pyrrole nitrogens is 1. The normalized spacial score (nSPS) is 19.2. The molecule has 0 aromatic carbocycles. The summed E-state index contributed by atoms with van der Waals surface area (Å²) in [7, 11) is 0. The molecule has 2 aromatic rings. The number of ether oxygens (including phenoxy) is 1. The molecule has 0 unspecified atom stereocenters. The van der Waals surface area contributed by atoms with Gasteiger partial charge < -0.3 is 19.5 Å². The third-order valence-electron chi connectivity index (χ3n) is 4.86. The van der Waals surface area contributed by atoms with Crippen LogP contribution in [0.1, 0.15) is 35.1 Å². The average molecular weight is 342 g/mol. The third-order valence-corrected chi connectivity index (χ3v) is 4.86. The van der Waals surface area contributed by atoms with Gasteiger partial charge in [-0.25, -0.2) is 9.97 Å². The number of amides is 1. The Morgan fingerprint density at radius 2 is 1.96 bits per heavy atom. The van der Waals surface area contributed by atoms with Crippen molar-refractivity contribution in [3.05, 3.63) is 36.3 Å². The molecule has 2 fully saturated rings. The van der Waals surface area contributed by atoms with Crippen molar-refractivity contribution in [2.45, 2.75) is 18.8 Å². The van der Waals surface area contributed by atoms with Crippen molar-refractivity contribution in [1.29, 1.82) is 0 Å². The van der Waals surface area contributed by atoms with Crippen LogP contribution >= 0.6 is 0 Å². The second-order valence-electron chi connectivity index (χ2n) is 6.40. The number of morpholine rings is 1. The molecule has 4 heterocycles. The van der Waals surface area contributed by atoms with Crippen LogP contribution in [0.25, 0.3) is 0 Å². The quantitative estimate of drug-likeness (QED) is 0.897. The van der Waals surface area contributed by atoms with Crippen molar-refractivity contribution in [3.63, 3.8) is 0 Å². The molecule has 2 aliphatic heterocycles. The molecule has 2 aromatic heterocycles. The maximum absolute atomic E-state index is 12.6. The van der Waals surface area contributed by atoms with Gasteiger partial charge in [0.25, 0.3) is 5.91 Å². The number of aromatic amines is 1. The lowest BCUT2D eigenvalue weighted by molar-refractivity contribution is 0.0299. The summed E-state index contributed by atoms with van der Waals surface area (Å²) in [4.78, 5) is 32.9. The highest BCUT2D eigenvalue weighted by atomic mass is 16.5. The number of imidazole rings is 1. The maximum atomic E-state index is 12.6. The lowest BCUT2D eigenvalue weighted by atomic mass is 9.96. The second-order valence-corrected chi connectivity index (χ2v) is 6.40. The number of carbonyl (C=O) groups is 1. The molecule has 0 bridgehead atoms. The third kappa shape index (κ3) is 3.48. The zero-order valence-electron chi connectivity index (χ0n) is 14.1. The van der Waals surface area contributed by atoms with Crippen molar-refractivity contribution in [2.24, 2.45) is 0 Å². The van der Waals surface area contributed by atoms with Crippen molar-refractivity contribution < 1.29 is 9.53 Å². The Bertz CT molecular complexity index is 706. The monoisotopic (exact) mass is 342 g/mol. The molecule has 4 rings (SSSR count). The average Bonchev–Trinajstić information content (AvgIpc) is 3.23. The van der Waals surface area contributed by atoms with E-state index in [-0.39, 0.29) is 5.91 Å². The zero-order valence-corrected chi connectivity index (χ0v) is 14.1. The summed E-state index contributed by atoms with van der Waals surface area (Å²) < 4.78 is 5.30. The van der Waals surface area contributed by atoms with Crippen molar-refractivity contribution >= 4 is 11.7 Å². The SMILES string of the molecule is O=C(c1cncc(N2CCC(c3ncc[nH]3)CC2)n1)N1CCOCC1. The fourth-order valence-corrected chi connectivity index (χ4v) is 3.42. The van der Waals surface area contributed by atoms with Gasteiger partial charge in [0.2, 0.25) is 0 Å². The van der Waals surface area contributed by atoms with Gasteiger partial charge in [0.1, 0.15) is 17.3 Å². The molecule has 1 amide bonds. The van der Waals surface area contributed by atoms with E-state index in [1.165, 1.54) is 0 Å². The smallest absolute Gasteiger partial charge is 0.274 e. The van der Waals surface area contributed by atoms with Gasteiger partial charge in [-0.3, -0.25) is 9.78 Å². The van der Waals surface area contributed by atoms with E-state index in [0.717, 1.165) is 37.6 Å². The summed E-state index contributed by atoms with van der Waals surface area (Å²) in [5.74, 6) is 2.22. The number of piperidine rings is 1. The minimum atomic E-state index is -0.0666. The Kier molecular flexibility index (Phi) is 4.60. The minimum absolute atomic E-state index is 0.0666. The fraction of sp³-hybridized carbons (Fsp3) is 0.529. The van der Waals surface area contributed by atoms with Crippen LogP contribution in [-0.4, -0.2) is 70.1 Å². The first-order valence-corrected chi connectivity index (χ1v) is 8.74. The zero-order chi connectivity index (χ0) is 17.1.